The van der Waals surface area contributed by atoms with Crippen molar-refractivity contribution in [1.29, 1.82) is 0 Å². The second-order valence-corrected chi connectivity index (χ2v) is 10.7. The minimum absolute atomic E-state index is 0.217. The summed E-state index contributed by atoms with van der Waals surface area (Å²) in [4.78, 5) is 32.1. The second-order valence-electron chi connectivity index (χ2n) is 9.65. The van der Waals surface area contributed by atoms with E-state index in [-0.39, 0.29) is 12.2 Å². The van der Waals surface area contributed by atoms with E-state index >= 15 is 0 Å². The van der Waals surface area contributed by atoms with E-state index in [2.05, 4.69) is 18.8 Å². The highest BCUT2D eigenvalue weighted by Crippen LogP contribution is 2.32. The third kappa shape index (κ3) is 6.31. The molecule has 2 heterocycles. The van der Waals surface area contributed by atoms with Crippen molar-refractivity contribution in [3.63, 3.8) is 0 Å². The smallest absolute Gasteiger partial charge is 0.338 e. The molecule has 40 heavy (non-hydrogen) atoms. The number of rotatable bonds is 11. The SMILES string of the molecule is CCOC(=O)C1=C(C)N=c2s/c(=C/c3ccc(OCC(C)C)c(OCC)c3)c(=O)n2[C@@H]1c1ccc(OCC)cc1. The number of carbonyl (C=O) groups excluding carboxylic acids is 1. The van der Waals surface area contributed by atoms with Gasteiger partial charge in [-0.1, -0.05) is 43.4 Å². The van der Waals surface area contributed by atoms with E-state index < -0.39 is 12.0 Å². The van der Waals surface area contributed by atoms with Gasteiger partial charge in [-0.2, -0.15) is 0 Å². The molecule has 0 fully saturated rings. The molecule has 0 aliphatic carbocycles. The second kappa shape index (κ2) is 13.0. The maximum Gasteiger partial charge on any atom is 0.338 e. The summed E-state index contributed by atoms with van der Waals surface area (Å²) in [6, 6.07) is 12.4. The zero-order chi connectivity index (χ0) is 28.8. The van der Waals surface area contributed by atoms with Gasteiger partial charge in [0.2, 0.25) is 0 Å². The van der Waals surface area contributed by atoms with Crippen LogP contribution in [0, 0.1) is 5.92 Å². The number of thiazole rings is 1. The fraction of sp³-hybridized carbons (Fsp3) is 0.387. The first-order valence-electron chi connectivity index (χ1n) is 13.6. The van der Waals surface area contributed by atoms with Crippen LogP contribution in [0.4, 0.5) is 0 Å². The Hall–Kier alpha value is -3.85. The van der Waals surface area contributed by atoms with E-state index in [1.165, 1.54) is 11.3 Å². The highest BCUT2D eigenvalue weighted by molar-refractivity contribution is 7.07. The van der Waals surface area contributed by atoms with E-state index in [0.29, 0.717) is 63.6 Å². The van der Waals surface area contributed by atoms with Crippen LogP contribution >= 0.6 is 11.3 Å². The molecule has 0 saturated heterocycles. The molecule has 0 unspecified atom stereocenters. The molecular formula is C31H36N2O6S. The predicted octanol–water partition coefficient (Wildman–Crippen LogP) is 4.63. The van der Waals surface area contributed by atoms with Crippen molar-refractivity contribution in [2.24, 2.45) is 10.9 Å². The van der Waals surface area contributed by atoms with E-state index in [1.807, 2.05) is 62.4 Å². The van der Waals surface area contributed by atoms with E-state index in [0.717, 1.165) is 11.1 Å². The topological polar surface area (TPSA) is 88.4 Å². The fourth-order valence-electron chi connectivity index (χ4n) is 4.43. The molecule has 0 saturated carbocycles. The summed E-state index contributed by atoms with van der Waals surface area (Å²) in [6.07, 6.45) is 1.82. The normalized spacial score (nSPS) is 15.1. The number of hydrogen-bond acceptors (Lipinski definition) is 8. The van der Waals surface area contributed by atoms with E-state index in [1.54, 1.807) is 18.4 Å². The lowest BCUT2D eigenvalue weighted by atomic mass is 9.96. The van der Waals surface area contributed by atoms with Crippen LogP contribution in [0.15, 0.2) is 63.5 Å². The maximum atomic E-state index is 13.9. The lowest BCUT2D eigenvalue weighted by Gasteiger charge is -2.24. The maximum absolute atomic E-state index is 13.9. The predicted molar refractivity (Wildman–Crippen MR) is 156 cm³/mol. The number of allylic oxidation sites excluding steroid dienone is 1. The summed E-state index contributed by atoms with van der Waals surface area (Å²) in [5, 5.41) is 0. The Bertz CT molecular complexity index is 1570. The monoisotopic (exact) mass is 564 g/mol. The average Bonchev–Trinajstić information content (AvgIpc) is 3.22. The quantitative estimate of drug-likeness (QED) is 0.316. The number of esters is 1. The molecular weight excluding hydrogens is 528 g/mol. The molecule has 1 atom stereocenters. The van der Waals surface area contributed by atoms with Gasteiger partial charge in [-0.3, -0.25) is 9.36 Å². The number of hydrogen-bond donors (Lipinski definition) is 0. The molecule has 3 aromatic rings. The largest absolute Gasteiger partial charge is 0.494 e. The summed E-state index contributed by atoms with van der Waals surface area (Å²) in [6.45, 7) is 13.4. The number of carbonyl (C=O) groups is 1. The van der Waals surface area contributed by atoms with Crippen LogP contribution in [-0.4, -0.2) is 37.0 Å². The zero-order valence-corrected chi connectivity index (χ0v) is 24.7. The van der Waals surface area contributed by atoms with Crippen molar-refractivity contribution in [3.8, 4) is 17.2 Å². The summed E-state index contributed by atoms with van der Waals surface area (Å²) < 4.78 is 24.8. The molecule has 1 aromatic heterocycles. The number of ether oxygens (including phenoxy) is 4. The van der Waals surface area contributed by atoms with Crippen molar-refractivity contribution in [1.82, 2.24) is 4.57 Å². The Kier molecular flexibility index (Phi) is 9.47. The molecule has 4 rings (SSSR count). The van der Waals surface area contributed by atoms with Gasteiger partial charge in [0.1, 0.15) is 5.75 Å². The molecule has 0 amide bonds. The Labute approximate surface area is 238 Å². The Morgan fingerprint density at radius 1 is 1.00 bits per heavy atom. The van der Waals surface area contributed by atoms with Gasteiger partial charge in [0.25, 0.3) is 5.56 Å². The van der Waals surface area contributed by atoms with Gasteiger partial charge in [0, 0.05) is 0 Å². The number of nitrogens with zero attached hydrogens (tertiary/aromatic N) is 2. The minimum Gasteiger partial charge on any atom is -0.494 e. The van der Waals surface area contributed by atoms with Crippen molar-refractivity contribution in [2.45, 2.75) is 47.6 Å². The first-order valence-corrected chi connectivity index (χ1v) is 14.4. The molecule has 0 N–H and O–H groups in total. The first kappa shape index (κ1) is 29.1. The molecule has 212 valence electrons. The highest BCUT2D eigenvalue weighted by Gasteiger charge is 2.33. The average molecular weight is 565 g/mol. The third-order valence-corrected chi connectivity index (χ3v) is 7.14. The van der Waals surface area contributed by atoms with Gasteiger partial charge < -0.3 is 18.9 Å². The van der Waals surface area contributed by atoms with Crippen LogP contribution in [0.5, 0.6) is 17.2 Å². The van der Waals surface area contributed by atoms with Crippen LogP contribution in [0.2, 0.25) is 0 Å². The fourth-order valence-corrected chi connectivity index (χ4v) is 5.48. The minimum atomic E-state index is -0.682. The van der Waals surface area contributed by atoms with Crippen LogP contribution < -0.4 is 29.1 Å². The summed E-state index contributed by atoms with van der Waals surface area (Å²) >= 11 is 1.28. The van der Waals surface area contributed by atoms with Crippen molar-refractivity contribution >= 4 is 23.4 Å². The first-order chi connectivity index (χ1) is 19.3. The molecule has 1 aliphatic rings. The van der Waals surface area contributed by atoms with Crippen molar-refractivity contribution in [2.75, 3.05) is 26.4 Å². The summed E-state index contributed by atoms with van der Waals surface area (Å²) in [7, 11) is 0. The Morgan fingerprint density at radius 3 is 2.38 bits per heavy atom. The van der Waals surface area contributed by atoms with Crippen LogP contribution in [-0.2, 0) is 9.53 Å². The van der Waals surface area contributed by atoms with Crippen molar-refractivity contribution < 1.29 is 23.7 Å². The molecule has 1 aliphatic heterocycles. The van der Waals surface area contributed by atoms with Gasteiger partial charge in [0.05, 0.1) is 48.3 Å². The standard InChI is InChI=1S/C31H36N2O6S/c1-7-36-23-13-11-22(12-14-23)28-27(30(35)38-9-3)20(6)32-31-33(28)29(34)26(40-31)17-21-10-15-24(39-18-19(4)5)25(16-21)37-8-2/h10-17,19,28H,7-9,18H2,1-6H3/b26-17+/t28-/m1/s1. The van der Waals surface area contributed by atoms with Gasteiger partial charge in [-0.05, 0) is 75.1 Å². The van der Waals surface area contributed by atoms with Gasteiger partial charge in [-0.25, -0.2) is 9.79 Å². The molecule has 8 nitrogen and oxygen atoms in total. The zero-order valence-electron chi connectivity index (χ0n) is 23.9. The number of aromatic nitrogens is 1. The van der Waals surface area contributed by atoms with Crippen LogP contribution in [0.25, 0.3) is 6.08 Å². The van der Waals surface area contributed by atoms with Gasteiger partial charge in [-0.15, -0.1) is 0 Å². The van der Waals surface area contributed by atoms with E-state index in [9.17, 15) is 9.59 Å². The Morgan fingerprint density at radius 2 is 1.73 bits per heavy atom. The number of fused-ring (bicyclic) bond motifs is 1. The molecule has 9 heteroatoms. The molecule has 0 radical (unpaired) electrons. The van der Waals surface area contributed by atoms with Gasteiger partial charge >= 0.3 is 5.97 Å². The third-order valence-electron chi connectivity index (χ3n) is 6.16. The highest BCUT2D eigenvalue weighted by atomic mass is 32.1. The molecule has 0 bridgehead atoms. The van der Waals surface area contributed by atoms with E-state index in [4.69, 9.17) is 18.9 Å². The lowest BCUT2D eigenvalue weighted by molar-refractivity contribution is -0.139. The van der Waals surface area contributed by atoms with Crippen molar-refractivity contribution in [3.05, 3.63) is 84.5 Å². The lowest BCUT2D eigenvalue weighted by Crippen LogP contribution is -2.39. The molecule has 0 spiro atoms. The Balaban J connectivity index is 1.83. The van der Waals surface area contributed by atoms with Crippen LogP contribution in [0.1, 0.15) is 58.7 Å². The van der Waals surface area contributed by atoms with Gasteiger partial charge in [0.15, 0.2) is 16.3 Å². The number of benzene rings is 2. The molecule has 2 aromatic carbocycles. The summed E-state index contributed by atoms with van der Waals surface area (Å²) in [5.41, 5.74) is 2.18. The van der Waals surface area contributed by atoms with Crippen LogP contribution in [0.3, 0.4) is 0 Å². The summed E-state index contributed by atoms with van der Waals surface area (Å²) in [5.74, 6) is 1.89.